The van der Waals surface area contributed by atoms with E-state index in [4.69, 9.17) is 5.26 Å². The van der Waals surface area contributed by atoms with Crippen molar-refractivity contribution < 1.29 is 4.79 Å². The van der Waals surface area contributed by atoms with Gasteiger partial charge in [-0.3, -0.25) is 9.89 Å². The number of amides is 1. The Morgan fingerprint density at radius 3 is 3.12 bits per heavy atom. The van der Waals surface area contributed by atoms with Crippen molar-refractivity contribution in [2.45, 2.75) is 13.0 Å². The zero-order valence-electron chi connectivity index (χ0n) is 8.90. The van der Waals surface area contributed by atoms with E-state index in [1.165, 1.54) is 4.90 Å². The van der Waals surface area contributed by atoms with E-state index in [1.54, 1.807) is 6.92 Å². The van der Waals surface area contributed by atoms with Gasteiger partial charge in [0.15, 0.2) is 0 Å². The van der Waals surface area contributed by atoms with E-state index in [0.717, 1.165) is 0 Å². The number of aryl methyl sites for hydroxylation is 1. The fourth-order valence-electron chi connectivity index (χ4n) is 1.63. The van der Waals surface area contributed by atoms with E-state index in [-0.39, 0.29) is 11.7 Å². The van der Waals surface area contributed by atoms with Gasteiger partial charge in [0.25, 0.3) is 5.91 Å². The number of H-pyrrole nitrogens is 1. The number of aromatic nitrogens is 3. The Bertz CT molecular complexity index is 433. The zero-order valence-corrected chi connectivity index (χ0v) is 8.90. The van der Waals surface area contributed by atoms with Crippen LogP contribution in [0.25, 0.3) is 0 Å². The first-order valence-corrected chi connectivity index (χ1v) is 5.02. The van der Waals surface area contributed by atoms with Crippen LogP contribution in [0.4, 0.5) is 0 Å². The standard InChI is InChI=1S/C9H12N6O/c1-6-12-8(14-13-6)9(16)15-3-2-11-5-7(15)4-10/h7,11H,2-3,5H2,1H3,(H,12,13,14). The van der Waals surface area contributed by atoms with E-state index in [0.29, 0.717) is 25.5 Å². The highest BCUT2D eigenvalue weighted by molar-refractivity contribution is 5.91. The second-order valence-electron chi connectivity index (χ2n) is 3.59. The Balaban J connectivity index is 2.17. The molecule has 1 saturated heterocycles. The number of carbonyl (C=O) groups is 1. The minimum absolute atomic E-state index is 0.125. The minimum Gasteiger partial charge on any atom is -0.317 e. The largest absolute Gasteiger partial charge is 0.317 e. The van der Waals surface area contributed by atoms with Crippen LogP contribution >= 0.6 is 0 Å². The molecule has 0 bridgehead atoms. The summed E-state index contributed by atoms with van der Waals surface area (Å²) in [5.41, 5.74) is 0. The predicted octanol–water partition coefficient (Wildman–Crippen LogP) is -0.949. The van der Waals surface area contributed by atoms with E-state index in [2.05, 4.69) is 26.6 Å². The van der Waals surface area contributed by atoms with Gasteiger partial charge in [0.05, 0.1) is 6.07 Å². The van der Waals surface area contributed by atoms with Gasteiger partial charge < -0.3 is 10.2 Å². The lowest BCUT2D eigenvalue weighted by atomic mass is 10.2. The molecule has 0 spiro atoms. The second-order valence-corrected chi connectivity index (χ2v) is 3.59. The van der Waals surface area contributed by atoms with Gasteiger partial charge in [0.1, 0.15) is 11.9 Å². The summed E-state index contributed by atoms with van der Waals surface area (Å²) in [6.07, 6.45) is 0. The molecule has 0 saturated carbocycles. The third kappa shape index (κ3) is 1.87. The lowest BCUT2D eigenvalue weighted by Crippen LogP contribution is -2.53. The molecule has 7 heteroatoms. The smallest absolute Gasteiger partial charge is 0.294 e. The van der Waals surface area contributed by atoms with E-state index >= 15 is 0 Å². The summed E-state index contributed by atoms with van der Waals surface area (Å²) in [7, 11) is 0. The topological polar surface area (TPSA) is 97.7 Å². The Hall–Kier alpha value is -1.94. The third-order valence-corrected chi connectivity index (χ3v) is 2.44. The number of nitrogens with zero attached hydrogens (tertiary/aromatic N) is 4. The average molecular weight is 220 g/mol. The molecular weight excluding hydrogens is 208 g/mol. The summed E-state index contributed by atoms with van der Waals surface area (Å²) < 4.78 is 0. The molecule has 1 aromatic rings. The van der Waals surface area contributed by atoms with Crippen LogP contribution < -0.4 is 5.32 Å². The van der Waals surface area contributed by atoms with Gasteiger partial charge in [-0.2, -0.15) is 5.26 Å². The number of aromatic amines is 1. The summed E-state index contributed by atoms with van der Waals surface area (Å²) in [6, 6.07) is 1.64. The highest BCUT2D eigenvalue weighted by atomic mass is 16.2. The van der Waals surface area contributed by atoms with Crippen molar-refractivity contribution in [2.75, 3.05) is 19.6 Å². The molecule has 1 aliphatic heterocycles. The van der Waals surface area contributed by atoms with Gasteiger partial charge in [-0.1, -0.05) is 0 Å². The molecule has 2 heterocycles. The van der Waals surface area contributed by atoms with Crippen LogP contribution in [0.15, 0.2) is 0 Å². The number of nitriles is 1. The Kier molecular flexibility index (Phi) is 2.83. The van der Waals surface area contributed by atoms with Crippen LogP contribution in [-0.4, -0.2) is 51.7 Å². The fraction of sp³-hybridized carbons (Fsp3) is 0.556. The molecule has 2 N–H and O–H groups in total. The van der Waals surface area contributed by atoms with E-state index in [1.807, 2.05) is 0 Å². The molecule has 1 aliphatic rings. The Labute approximate surface area is 92.5 Å². The van der Waals surface area contributed by atoms with Crippen molar-refractivity contribution in [3.05, 3.63) is 11.6 Å². The number of hydrogen-bond acceptors (Lipinski definition) is 5. The molecule has 0 radical (unpaired) electrons. The zero-order chi connectivity index (χ0) is 11.5. The molecule has 84 valence electrons. The van der Waals surface area contributed by atoms with Crippen LogP contribution in [-0.2, 0) is 0 Å². The molecule has 1 unspecified atom stereocenters. The van der Waals surface area contributed by atoms with E-state index < -0.39 is 6.04 Å². The SMILES string of the molecule is Cc1nc(C(=O)N2CCNCC2C#N)n[nH]1. The fourth-order valence-corrected chi connectivity index (χ4v) is 1.63. The van der Waals surface area contributed by atoms with Crippen molar-refractivity contribution in [2.24, 2.45) is 0 Å². The highest BCUT2D eigenvalue weighted by Crippen LogP contribution is 2.07. The first-order chi connectivity index (χ1) is 7.72. The monoisotopic (exact) mass is 220 g/mol. The maximum atomic E-state index is 12.0. The number of rotatable bonds is 1. The second kappa shape index (κ2) is 4.28. The van der Waals surface area contributed by atoms with Crippen LogP contribution in [0.5, 0.6) is 0 Å². The summed E-state index contributed by atoms with van der Waals surface area (Å²) in [4.78, 5) is 17.5. The van der Waals surface area contributed by atoms with Gasteiger partial charge in [-0.15, -0.1) is 5.10 Å². The summed E-state index contributed by atoms with van der Waals surface area (Å²) in [5.74, 6) is 0.420. The number of piperazine rings is 1. The maximum Gasteiger partial charge on any atom is 0.294 e. The number of carbonyl (C=O) groups excluding carboxylic acids is 1. The van der Waals surface area contributed by atoms with Gasteiger partial charge in [-0.05, 0) is 6.92 Å². The van der Waals surface area contributed by atoms with Crippen molar-refractivity contribution in [1.82, 2.24) is 25.4 Å². The molecule has 1 aromatic heterocycles. The molecule has 1 atom stereocenters. The van der Waals surface area contributed by atoms with Gasteiger partial charge in [0, 0.05) is 19.6 Å². The summed E-state index contributed by atoms with van der Waals surface area (Å²) in [5, 5.41) is 18.4. The molecule has 1 fully saturated rings. The summed E-state index contributed by atoms with van der Waals surface area (Å²) >= 11 is 0. The normalized spacial score (nSPS) is 20.5. The van der Waals surface area contributed by atoms with Crippen molar-refractivity contribution in [3.8, 4) is 6.07 Å². The van der Waals surface area contributed by atoms with Crippen molar-refractivity contribution >= 4 is 5.91 Å². The number of hydrogen-bond donors (Lipinski definition) is 2. The molecule has 16 heavy (non-hydrogen) atoms. The molecule has 7 nitrogen and oxygen atoms in total. The van der Waals surface area contributed by atoms with E-state index in [9.17, 15) is 4.79 Å². The first kappa shape index (κ1) is 10.6. The molecular formula is C9H12N6O. The molecule has 0 aromatic carbocycles. The quantitative estimate of drug-likeness (QED) is 0.636. The van der Waals surface area contributed by atoms with Crippen LogP contribution in [0.1, 0.15) is 16.4 Å². The maximum absolute atomic E-state index is 12.0. The minimum atomic E-state index is -0.444. The molecule has 0 aliphatic carbocycles. The highest BCUT2D eigenvalue weighted by Gasteiger charge is 2.29. The lowest BCUT2D eigenvalue weighted by Gasteiger charge is -2.30. The Morgan fingerprint density at radius 2 is 2.50 bits per heavy atom. The van der Waals surface area contributed by atoms with Crippen molar-refractivity contribution in [3.63, 3.8) is 0 Å². The molecule has 2 rings (SSSR count). The van der Waals surface area contributed by atoms with Crippen LogP contribution in [0.2, 0.25) is 0 Å². The predicted molar refractivity (Wildman–Crippen MR) is 54.4 cm³/mol. The van der Waals surface area contributed by atoms with Crippen LogP contribution in [0, 0.1) is 18.3 Å². The first-order valence-electron chi connectivity index (χ1n) is 5.02. The average Bonchev–Trinajstić information content (AvgIpc) is 2.75. The Morgan fingerprint density at radius 1 is 1.69 bits per heavy atom. The number of nitrogens with one attached hydrogen (secondary N) is 2. The van der Waals surface area contributed by atoms with Gasteiger partial charge >= 0.3 is 0 Å². The molecule has 1 amide bonds. The van der Waals surface area contributed by atoms with Crippen LogP contribution in [0.3, 0.4) is 0 Å². The lowest BCUT2D eigenvalue weighted by molar-refractivity contribution is 0.0675. The van der Waals surface area contributed by atoms with Gasteiger partial charge in [0.2, 0.25) is 5.82 Å². The summed E-state index contributed by atoms with van der Waals surface area (Å²) in [6.45, 7) is 3.41. The third-order valence-electron chi connectivity index (χ3n) is 2.44. The van der Waals surface area contributed by atoms with Gasteiger partial charge in [-0.25, -0.2) is 4.98 Å². The van der Waals surface area contributed by atoms with Crippen molar-refractivity contribution in [1.29, 1.82) is 5.26 Å².